The summed E-state index contributed by atoms with van der Waals surface area (Å²) in [7, 11) is 0. The summed E-state index contributed by atoms with van der Waals surface area (Å²) < 4.78 is 25.9. The highest BCUT2D eigenvalue weighted by molar-refractivity contribution is 5.74. The molecule has 2 aromatic heterocycles. The highest BCUT2D eigenvalue weighted by Gasteiger charge is 2.48. The lowest BCUT2D eigenvalue weighted by molar-refractivity contribution is 0.171. The Morgan fingerprint density at radius 1 is 1.00 bits per heavy atom. The summed E-state index contributed by atoms with van der Waals surface area (Å²) in [5.74, 6) is 1.57. The lowest BCUT2D eigenvalue weighted by atomic mass is 9.96. The van der Waals surface area contributed by atoms with Crippen LogP contribution in [-0.4, -0.2) is 62.4 Å². The zero-order valence-corrected chi connectivity index (χ0v) is 19.0. The van der Waals surface area contributed by atoms with Crippen molar-refractivity contribution in [2.45, 2.75) is 62.4 Å². The average molecular weight is 477 g/mol. The topological polar surface area (TPSA) is 106 Å². The Labute approximate surface area is 201 Å². The first-order chi connectivity index (χ1) is 17.1. The summed E-state index contributed by atoms with van der Waals surface area (Å²) in [6, 6.07) is 7.46. The largest absolute Gasteiger partial charge is 0.507 e. The van der Waals surface area contributed by atoms with E-state index in [4.69, 9.17) is 9.47 Å². The number of nitrogens with one attached hydrogen (secondary N) is 1. The zero-order valence-electron chi connectivity index (χ0n) is 19.0. The summed E-state index contributed by atoms with van der Waals surface area (Å²) >= 11 is 0. The van der Waals surface area contributed by atoms with Crippen molar-refractivity contribution in [2.75, 3.05) is 11.7 Å². The van der Waals surface area contributed by atoms with E-state index in [-0.39, 0.29) is 30.7 Å². The van der Waals surface area contributed by atoms with Gasteiger partial charge in [0, 0.05) is 35.4 Å². The number of piperidine rings is 1. The van der Waals surface area contributed by atoms with E-state index in [0.717, 1.165) is 43.2 Å². The molecule has 2 N–H and O–H groups in total. The fraction of sp³-hybridized carbons (Fsp3) is 0.440. The highest BCUT2D eigenvalue weighted by Crippen LogP contribution is 2.40. The number of benzene rings is 1. The number of phenolic OH excluding ortho intramolecular Hbond substituents is 1. The number of phenols is 1. The van der Waals surface area contributed by atoms with Crippen LogP contribution < -0.4 is 19.7 Å². The van der Waals surface area contributed by atoms with E-state index in [1.807, 2.05) is 12.1 Å². The molecule has 10 heteroatoms. The van der Waals surface area contributed by atoms with Gasteiger partial charge in [-0.05, 0) is 55.9 Å². The molecule has 1 saturated carbocycles. The molecule has 4 aliphatic rings. The molecule has 5 heterocycles. The minimum absolute atomic E-state index is 0.0572. The molecule has 3 aromatic rings. The van der Waals surface area contributed by atoms with Crippen LogP contribution in [0, 0.1) is 0 Å². The minimum Gasteiger partial charge on any atom is -0.507 e. The van der Waals surface area contributed by atoms with Crippen molar-refractivity contribution in [2.24, 2.45) is 0 Å². The van der Waals surface area contributed by atoms with Crippen LogP contribution in [0.25, 0.3) is 22.4 Å². The van der Waals surface area contributed by atoms with Gasteiger partial charge in [0.15, 0.2) is 5.75 Å². The van der Waals surface area contributed by atoms with Gasteiger partial charge in [-0.3, -0.25) is 0 Å². The van der Waals surface area contributed by atoms with Crippen LogP contribution in [0.1, 0.15) is 32.1 Å². The van der Waals surface area contributed by atoms with Gasteiger partial charge >= 0.3 is 0 Å². The van der Waals surface area contributed by atoms with E-state index in [1.165, 1.54) is 0 Å². The van der Waals surface area contributed by atoms with Gasteiger partial charge in [-0.2, -0.15) is 0 Å². The van der Waals surface area contributed by atoms with E-state index in [9.17, 15) is 5.11 Å². The summed E-state index contributed by atoms with van der Waals surface area (Å²) in [6.07, 6.45) is 7.05. The Kier molecular flexibility index (Phi) is 4.76. The standard InChI is InChI=1S/C25H25FN6O3/c26-23-18-6-2-15(29-18)9-20(23)32(16-3-4-16)25-28-11-19(30-31-25)17-5-1-13(7-21(17)33)14-8-22-24(27-10-14)35-12-34-22/h1,5,7-8,10-11,15-16,18,20,23,29,33H,2-4,6,9,12H2/t15-,18-,20-,23+/m0/s1. The second-order valence-corrected chi connectivity index (χ2v) is 9.74. The Morgan fingerprint density at radius 2 is 1.91 bits per heavy atom. The monoisotopic (exact) mass is 476 g/mol. The smallest absolute Gasteiger partial charge is 0.260 e. The molecule has 2 bridgehead atoms. The second kappa shape index (κ2) is 8.01. The number of alkyl halides is 1. The quantitative estimate of drug-likeness (QED) is 0.574. The Morgan fingerprint density at radius 3 is 2.71 bits per heavy atom. The molecule has 3 fully saturated rings. The third kappa shape index (κ3) is 3.63. The molecule has 0 spiro atoms. The van der Waals surface area contributed by atoms with Crippen LogP contribution in [-0.2, 0) is 0 Å². The van der Waals surface area contributed by atoms with E-state index >= 15 is 4.39 Å². The molecular formula is C25H25FN6O3. The summed E-state index contributed by atoms with van der Waals surface area (Å²) in [4.78, 5) is 10.9. The molecule has 0 radical (unpaired) electrons. The van der Waals surface area contributed by atoms with Crippen molar-refractivity contribution in [3.63, 3.8) is 0 Å². The molecule has 0 unspecified atom stereocenters. The lowest BCUT2D eigenvalue weighted by Gasteiger charge is -2.40. The molecule has 180 valence electrons. The van der Waals surface area contributed by atoms with Gasteiger partial charge in [-0.1, -0.05) is 6.07 Å². The lowest BCUT2D eigenvalue weighted by Crippen LogP contribution is -2.57. The van der Waals surface area contributed by atoms with E-state index in [1.54, 1.807) is 24.5 Å². The summed E-state index contributed by atoms with van der Waals surface area (Å²) in [5.41, 5.74) is 2.56. The number of nitrogens with zero attached hydrogens (tertiary/aromatic N) is 5. The maximum absolute atomic E-state index is 15.3. The van der Waals surface area contributed by atoms with Crippen molar-refractivity contribution in [1.29, 1.82) is 0 Å². The van der Waals surface area contributed by atoms with E-state index in [2.05, 4.69) is 30.4 Å². The third-order valence-electron chi connectivity index (χ3n) is 7.47. The minimum atomic E-state index is -0.945. The van der Waals surface area contributed by atoms with Crippen LogP contribution in [0.5, 0.6) is 17.4 Å². The van der Waals surface area contributed by atoms with E-state index < -0.39 is 6.17 Å². The molecule has 1 aliphatic carbocycles. The van der Waals surface area contributed by atoms with Crippen molar-refractivity contribution in [3.8, 4) is 39.8 Å². The van der Waals surface area contributed by atoms with Gasteiger partial charge in [0.1, 0.15) is 17.6 Å². The predicted octanol–water partition coefficient (Wildman–Crippen LogP) is 3.23. The van der Waals surface area contributed by atoms with Crippen molar-refractivity contribution < 1.29 is 19.0 Å². The normalized spacial score (nSPS) is 26.7. The van der Waals surface area contributed by atoms with Gasteiger partial charge in [0.25, 0.3) is 5.88 Å². The molecule has 2 saturated heterocycles. The first kappa shape index (κ1) is 20.8. The summed E-state index contributed by atoms with van der Waals surface area (Å²) in [5, 5.41) is 22.9. The van der Waals surface area contributed by atoms with E-state index in [0.29, 0.717) is 34.9 Å². The molecule has 7 rings (SSSR count). The maximum atomic E-state index is 15.3. The van der Waals surface area contributed by atoms with Crippen molar-refractivity contribution >= 4 is 5.95 Å². The third-order valence-corrected chi connectivity index (χ3v) is 7.47. The summed E-state index contributed by atoms with van der Waals surface area (Å²) in [6.45, 7) is 0.153. The number of aromatic hydroxyl groups is 1. The first-order valence-corrected chi connectivity index (χ1v) is 12.1. The number of anilines is 1. The molecule has 4 atom stereocenters. The van der Waals surface area contributed by atoms with Crippen LogP contribution in [0.3, 0.4) is 0 Å². The number of hydrogen-bond donors (Lipinski definition) is 2. The fourth-order valence-electron chi connectivity index (χ4n) is 5.57. The van der Waals surface area contributed by atoms with Gasteiger partial charge in [-0.25, -0.2) is 14.4 Å². The maximum Gasteiger partial charge on any atom is 0.260 e. The van der Waals surface area contributed by atoms with Gasteiger partial charge < -0.3 is 24.8 Å². The second-order valence-electron chi connectivity index (χ2n) is 9.74. The molecule has 3 aliphatic heterocycles. The predicted molar refractivity (Wildman–Crippen MR) is 125 cm³/mol. The van der Waals surface area contributed by atoms with Crippen molar-refractivity contribution in [1.82, 2.24) is 25.5 Å². The highest BCUT2D eigenvalue weighted by atomic mass is 19.1. The number of hydrogen-bond acceptors (Lipinski definition) is 9. The van der Waals surface area contributed by atoms with Crippen LogP contribution in [0.2, 0.25) is 0 Å². The van der Waals surface area contributed by atoms with Gasteiger partial charge in [0.05, 0.1) is 12.2 Å². The average Bonchev–Trinajstić information content (AvgIpc) is 3.45. The number of rotatable bonds is 5. The molecule has 9 nitrogen and oxygen atoms in total. The zero-order chi connectivity index (χ0) is 23.5. The van der Waals surface area contributed by atoms with Crippen LogP contribution >= 0.6 is 0 Å². The number of ether oxygens (including phenoxy) is 2. The molecular weight excluding hydrogens is 451 g/mol. The molecule has 35 heavy (non-hydrogen) atoms. The van der Waals surface area contributed by atoms with Crippen molar-refractivity contribution in [3.05, 3.63) is 36.7 Å². The van der Waals surface area contributed by atoms with Crippen LogP contribution in [0.15, 0.2) is 36.7 Å². The Hall–Kier alpha value is -3.53. The molecule has 1 aromatic carbocycles. The Bertz CT molecular complexity index is 1270. The van der Waals surface area contributed by atoms with Crippen LogP contribution in [0.4, 0.5) is 10.3 Å². The number of halogens is 1. The van der Waals surface area contributed by atoms with Gasteiger partial charge in [-0.15, -0.1) is 10.2 Å². The molecule has 0 amide bonds. The number of pyridine rings is 1. The first-order valence-electron chi connectivity index (χ1n) is 12.1. The Balaban J connectivity index is 1.15. The fourth-order valence-corrected chi connectivity index (χ4v) is 5.57. The number of aromatic nitrogens is 4. The number of fused-ring (bicyclic) bond motifs is 3. The van der Waals surface area contributed by atoms with Gasteiger partial charge in [0.2, 0.25) is 12.7 Å². The SMILES string of the molecule is Oc1cc(-c2cnc3c(c2)OCO3)ccc1-c1cnc(N(C2CC2)[C@H]2C[C@@H]3CC[C@H](N3)[C@H]2F)nn1.